The van der Waals surface area contributed by atoms with Crippen molar-refractivity contribution in [3.63, 3.8) is 0 Å². The van der Waals surface area contributed by atoms with Crippen molar-refractivity contribution in [1.82, 2.24) is 4.90 Å². The minimum atomic E-state index is 0.277. The summed E-state index contributed by atoms with van der Waals surface area (Å²) in [7, 11) is 1.98. The van der Waals surface area contributed by atoms with E-state index in [4.69, 9.17) is 5.73 Å². The highest BCUT2D eigenvalue weighted by molar-refractivity contribution is 5.78. The molecule has 0 aromatic carbocycles. The van der Waals surface area contributed by atoms with Crippen LogP contribution in [0, 0.1) is 17.8 Å². The van der Waals surface area contributed by atoms with Gasteiger partial charge in [0, 0.05) is 19.5 Å². The summed E-state index contributed by atoms with van der Waals surface area (Å²) in [6.07, 6.45) is 9.74. The smallest absolute Gasteiger partial charge is 0.225 e. The lowest BCUT2D eigenvalue weighted by molar-refractivity contribution is -0.135. The first-order valence-electron chi connectivity index (χ1n) is 7.65. The molecule has 2 rings (SSSR count). The summed E-state index contributed by atoms with van der Waals surface area (Å²) < 4.78 is 0. The van der Waals surface area contributed by atoms with Gasteiger partial charge in [0.05, 0.1) is 0 Å². The minimum Gasteiger partial charge on any atom is -0.346 e. The van der Waals surface area contributed by atoms with Crippen LogP contribution < -0.4 is 5.73 Å². The molecular weight excluding hydrogens is 224 g/mol. The van der Waals surface area contributed by atoms with Crippen LogP contribution in [-0.4, -0.2) is 30.9 Å². The summed E-state index contributed by atoms with van der Waals surface area (Å²) in [5.74, 6) is 2.21. The van der Waals surface area contributed by atoms with E-state index in [9.17, 15) is 4.79 Å². The highest BCUT2D eigenvalue weighted by Crippen LogP contribution is 2.31. The molecule has 0 aromatic rings. The summed E-state index contributed by atoms with van der Waals surface area (Å²) in [6.45, 7) is 1.75. The Bertz CT molecular complexity index is 268. The van der Waals surface area contributed by atoms with Gasteiger partial charge in [0.1, 0.15) is 0 Å². The monoisotopic (exact) mass is 252 g/mol. The van der Waals surface area contributed by atoms with Crippen molar-refractivity contribution in [1.29, 1.82) is 0 Å². The number of hydrogen-bond donors (Lipinski definition) is 1. The van der Waals surface area contributed by atoms with E-state index in [-0.39, 0.29) is 5.92 Å². The Labute approximate surface area is 111 Å². The molecule has 0 unspecified atom stereocenters. The van der Waals surface area contributed by atoms with Crippen LogP contribution in [0.25, 0.3) is 0 Å². The number of nitrogens with zero attached hydrogens (tertiary/aromatic N) is 1. The summed E-state index contributed by atoms with van der Waals surface area (Å²) in [5.41, 5.74) is 5.69. The Morgan fingerprint density at radius 3 is 2.28 bits per heavy atom. The van der Waals surface area contributed by atoms with Crippen molar-refractivity contribution in [2.45, 2.75) is 51.4 Å². The van der Waals surface area contributed by atoms with E-state index in [1.165, 1.54) is 25.7 Å². The van der Waals surface area contributed by atoms with Gasteiger partial charge in [-0.3, -0.25) is 4.79 Å². The third kappa shape index (κ3) is 3.47. The van der Waals surface area contributed by atoms with Gasteiger partial charge < -0.3 is 10.6 Å². The van der Waals surface area contributed by atoms with Crippen molar-refractivity contribution in [2.24, 2.45) is 23.5 Å². The minimum absolute atomic E-state index is 0.277. The van der Waals surface area contributed by atoms with Crippen LogP contribution in [0.4, 0.5) is 0 Å². The highest BCUT2D eigenvalue weighted by Gasteiger charge is 2.28. The van der Waals surface area contributed by atoms with Crippen molar-refractivity contribution in [3.05, 3.63) is 0 Å². The molecule has 0 saturated heterocycles. The first kappa shape index (κ1) is 13.9. The molecule has 2 N–H and O–H groups in total. The summed E-state index contributed by atoms with van der Waals surface area (Å²) in [6, 6.07) is 0. The second-order valence-electron chi connectivity index (χ2n) is 6.30. The molecule has 2 saturated carbocycles. The average molecular weight is 252 g/mol. The van der Waals surface area contributed by atoms with Gasteiger partial charge in [0.15, 0.2) is 0 Å². The molecule has 3 heteroatoms. The Balaban J connectivity index is 1.69. The third-order valence-corrected chi connectivity index (χ3v) is 5.00. The topological polar surface area (TPSA) is 46.3 Å². The van der Waals surface area contributed by atoms with Gasteiger partial charge in [0.2, 0.25) is 5.91 Å². The lowest BCUT2D eigenvalue weighted by Gasteiger charge is -2.32. The van der Waals surface area contributed by atoms with Crippen LogP contribution in [0.3, 0.4) is 0 Å². The summed E-state index contributed by atoms with van der Waals surface area (Å²) in [4.78, 5) is 14.3. The van der Waals surface area contributed by atoms with Crippen LogP contribution >= 0.6 is 0 Å². The van der Waals surface area contributed by atoms with Crippen LogP contribution in [0.15, 0.2) is 0 Å². The number of carbonyl (C=O) groups excluding carboxylic acids is 1. The van der Waals surface area contributed by atoms with Gasteiger partial charge in [-0.25, -0.2) is 0 Å². The zero-order valence-electron chi connectivity index (χ0n) is 11.7. The lowest BCUT2D eigenvalue weighted by Crippen LogP contribution is -2.37. The second-order valence-corrected chi connectivity index (χ2v) is 6.30. The molecular formula is C15H28N2O. The molecule has 0 atom stereocenters. The first-order chi connectivity index (χ1) is 8.70. The molecule has 0 bridgehead atoms. The number of hydrogen-bond acceptors (Lipinski definition) is 2. The molecule has 0 radical (unpaired) electrons. The average Bonchev–Trinajstić information content (AvgIpc) is 2.36. The normalized spacial score (nSPS) is 28.8. The molecule has 0 aliphatic heterocycles. The number of amides is 1. The van der Waals surface area contributed by atoms with E-state index in [2.05, 4.69) is 0 Å². The number of carbonyl (C=O) groups is 1. The van der Waals surface area contributed by atoms with Crippen molar-refractivity contribution in [2.75, 3.05) is 20.1 Å². The maximum atomic E-state index is 12.3. The summed E-state index contributed by atoms with van der Waals surface area (Å²) >= 11 is 0. The molecule has 0 aromatic heterocycles. The zero-order chi connectivity index (χ0) is 13.0. The molecule has 2 aliphatic carbocycles. The molecule has 2 fully saturated rings. The maximum Gasteiger partial charge on any atom is 0.225 e. The van der Waals surface area contributed by atoms with Crippen LogP contribution in [0.1, 0.15) is 51.4 Å². The Kier molecular flexibility index (Phi) is 5.04. The van der Waals surface area contributed by atoms with Gasteiger partial charge in [-0.2, -0.15) is 0 Å². The van der Waals surface area contributed by atoms with E-state index in [0.717, 1.165) is 44.7 Å². The van der Waals surface area contributed by atoms with Gasteiger partial charge >= 0.3 is 0 Å². The SMILES string of the molecule is CN(CCC1CCC1)C(=O)C1CCC(CN)CC1. The Hall–Kier alpha value is -0.570. The van der Waals surface area contributed by atoms with Crippen molar-refractivity contribution in [3.8, 4) is 0 Å². The van der Waals surface area contributed by atoms with Gasteiger partial charge in [-0.1, -0.05) is 19.3 Å². The Morgan fingerprint density at radius 1 is 1.11 bits per heavy atom. The van der Waals surface area contributed by atoms with E-state index >= 15 is 0 Å². The molecule has 18 heavy (non-hydrogen) atoms. The van der Waals surface area contributed by atoms with Gasteiger partial charge in [-0.05, 0) is 50.5 Å². The zero-order valence-corrected chi connectivity index (χ0v) is 11.7. The van der Waals surface area contributed by atoms with Crippen molar-refractivity contribution < 1.29 is 4.79 Å². The fraction of sp³-hybridized carbons (Fsp3) is 0.933. The molecule has 1 amide bonds. The fourth-order valence-electron chi connectivity index (χ4n) is 3.22. The third-order valence-electron chi connectivity index (χ3n) is 5.00. The Morgan fingerprint density at radius 2 is 1.78 bits per heavy atom. The van der Waals surface area contributed by atoms with E-state index < -0.39 is 0 Å². The van der Waals surface area contributed by atoms with E-state index in [0.29, 0.717) is 11.8 Å². The standard InChI is InChI=1S/C15H28N2O/c1-17(10-9-12-3-2-4-12)15(18)14-7-5-13(11-16)6-8-14/h12-14H,2-11,16H2,1H3. The maximum absolute atomic E-state index is 12.3. The highest BCUT2D eigenvalue weighted by atomic mass is 16.2. The lowest BCUT2D eigenvalue weighted by atomic mass is 9.81. The molecule has 0 spiro atoms. The molecule has 2 aliphatic rings. The first-order valence-corrected chi connectivity index (χ1v) is 7.65. The van der Waals surface area contributed by atoms with E-state index in [1.807, 2.05) is 11.9 Å². The van der Waals surface area contributed by atoms with Crippen LogP contribution in [0.5, 0.6) is 0 Å². The second kappa shape index (κ2) is 6.55. The van der Waals surface area contributed by atoms with Gasteiger partial charge in [0.25, 0.3) is 0 Å². The largest absolute Gasteiger partial charge is 0.346 e. The number of nitrogens with two attached hydrogens (primary N) is 1. The van der Waals surface area contributed by atoms with E-state index in [1.54, 1.807) is 0 Å². The van der Waals surface area contributed by atoms with Crippen LogP contribution in [0.2, 0.25) is 0 Å². The number of rotatable bonds is 5. The molecule has 3 nitrogen and oxygen atoms in total. The predicted octanol–water partition coefficient (Wildman–Crippen LogP) is 2.40. The summed E-state index contributed by atoms with van der Waals surface area (Å²) in [5, 5.41) is 0. The van der Waals surface area contributed by atoms with Crippen LogP contribution in [-0.2, 0) is 4.79 Å². The predicted molar refractivity (Wildman–Crippen MR) is 74.1 cm³/mol. The van der Waals surface area contributed by atoms with Crippen molar-refractivity contribution >= 4 is 5.91 Å². The molecule has 0 heterocycles. The quantitative estimate of drug-likeness (QED) is 0.816. The van der Waals surface area contributed by atoms with Gasteiger partial charge in [-0.15, -0.1) is 0 Å². The fourth-order valence-corrected chi connectivity index (χ4v) is 3.22. The molecule has 104 valence electrons.